The molecule has 178 valence electrons. The van der Waals surface area contributed by atoms with Gasteiger partial charge in [-0.1, -0.05) is 81.1 Å². The van der Waals surface area contributed by atoms with Gasteiger partial charge in [-0.3, -0.25) is 9.59 Å². The van der Waals surface area contributed by atoms with Gasteiger partial charge in [-0.2, -0.15) is 0 Å². The summed E-state index contributed by atoms with van der Waals surface area (Å²) in [6.07, 6.45) is 5.33. The van der Waals surface area contributed by atoms with Gasteiger partial charge in [0.1, 0.15) is 11.9 Å². The number of hydrogen-bond donors (Lipinski definition) is 3. The first-order valence-corrected chi connectivity index (χ1v) is 11.5. The van der Waals surface area contributed by atoms with Gasteiger partial charge in [0.05, 0.1) is 6.04 Å². The molecule has 0 saturated heterocycles. The summed E-state index contributed by atoms with van der Waals surface area (Å²) in [6.45, 7) is 7.74. The highest BCUT2D eigenvalue weighted by Crippen LogP contribution is 2.40. The number of Topliss-reactive ketones (excluding diaryl/α,β-unsaturated/α-hetero) is 1. The predicted octanol–water partition coefficient (Wildman–Crippen LogP) is 4.99. The van der Waals surface area contributed by atoms with E-state index in [0.29, 0.717) is 11.4 Å². The number of pyridine rings is 1. The lowest BCUT2D eigenvalue weighted by atomic mass is 9.73. The number of allylic oxidation sites excluding steroid dienone is 2. The van der Waals surface area contributed by atoms with E-state index in [1.165, 1.54) is 0 Å². The lowest BCUT2D eigenvalue weighted by molar-refractivity contribution is -0.139. The zero-order chi connectivity index (χ0) is 25.2. The Labute approximate surface area is 204 Å². The van der Waals surface area contributed by atoms with E-state index in [2.05, 4.69) is 16.9 Å². The number of ketones is 1. The molecule has 0 fully saturated rings. The van der Waals surface area contributed by atoms with E-state index in [-0.39, 0.29) is 12.2 Å². The number of carboxylic acids is 1. The Kier molecular flexibility index (Phi) is 6.67. The normalized spacial score (nSPS) is 16.9. The van der Waals surface area contributed by atoms with Crippen LogP contribution in [0.1, 0.15) is 25.8 Å². The number of aliphatic carboxylic acids is 1. The van der Waals surface area contributed by atoms with E-state index < -0.39 is 23.5 Å². The Morgan fingerprint density at radius 3 is 2.51 bits per heavy atom. The summed E-state index contributed by atoms with van der Waals surface area (Å²) in [7, 11) is 0. The van der Waals surface area contributed by atoms with Crippen molar-refractivity contribution < 1.29 is 14.7 Å². The van der Waals surface area contributed by atoms with Crippen molar-refractivity contribution in [2.24, 2.45) is 11.1 Å². The summed E-state index contributed by atoms with van der Waals surface area (Å²) in [5.41, 5.74) is 7.80. The number of carbonyl (C=O) groups is 2. The number of aromatic nitrogens is 1. The van der Waals surface area contributed by atoms with Gasteiger partial charge in [0.25, 0.3) is 0 Å². The number of carbonyl (C=O) groups excluding carboxylic acids is 1. The minimum atomic E-state index is -1.14. The third-order valence-corrected chi connectivity index (χ3v) is 6.36. The lowest BCUT2D eigenvalue weighted by Gasteiger charge is -2.32. The van der Waals surface area contributed by atoms with Crippen LogP contribution in [0.4, 0.5) is 5.82 Å². The van der Waals surface area contributed by atoms with E-state index in [1.807, 2.05) is 66.7 Å². The molecule has 1 aliphatic carbocycles. The fraction of sp³-hybridized carbons (Fsp3) is 0.207. The first-order valence-electron chi connectivity index (χ1n) is 11.5. The average Bonchev–Trinajstić information content (AvgIpc) is 2.85. The SMILES string of the molecule is C=C1C=CC(C(=O)C(C)(C)C[C@H](N)C(=O)O)=C(c2cccc3ccccc23)C1Nc1ccccn1. The summed E-state index contributed by atoms with van der Waals surface area (Å²) >= 11 is 0. The molecule has 1 aliphatic rings. The van der Waals surface area contributed by atoms with E-state index in [4.69, 9.17) is 5.73 Å². The molecule has 3 aromatic rings. The molecule has 1 heterocycles. The lowest BCUT2D eigenvalue weighted by Crippen LogP contribution is -2.39. The quantitative estimate of drug-likeness (QED) is 0.431. The fourth-order valence-corrected chi connectivity index (χ4v) is 4.53. The van der Waals surface area contributed by atoms with E-state index in [9.17, 15) is 14.7 Å². The molecule has 0 spiro atoms. The molecule has 0 bridgehead atoms. The number of rotatable bonds is 8. The number of anilines is 1. The van der Waals surface area contributed by atoms with Gasteiger partial charge in [0, 0.05) is 17.2 Å². The summed E-state index contributed by atoms with van der Waals surface area (Å²) in [6, 6.07) is 18.1. The van der Waals surface area contributed by atoms with Crippen LogP contribution in [-0.2, 0) is 9.59 Å². The van der Waals surface area contributed by atoms with Gasteiger partial charge >= 0.3 is 5.97 Å². The topological polar surface area (TPSA) is 105 Å². The molecule has 6 nitrogen and oxygen atoms in total. The Balaban J connectivity index is 1.91. The molecule has 0 aliphatic heterocycles. The molecular weight excluding hydrogens is 438 g/mol. The van der Waals surface area contributed by atoms with Gasteiger partial charge in [-0.15, -0.1) is 0 Å². The summed E-state index contributed by atoms with van der Waals surface area (Å²) in [5, 5.41) is 14.8. The zero-order valence-corrected chi connectivity index (χ0v) is 19.9. The molecule has 1 aromatic heterocycles. The molecule has 2 atom stereocenters. The first-order chi connectivity index (χ1) is 16.7. The molecule has 1 unspecified atom stereocenters. The van der Waals surface area contributed by atoms with Crippen LogP contribution in [-0.4, -0.2) is 33.9 Å². The summed E-state index contributed by atoms with van der Waals surface area (Å²) in [5.74, 6) is -0.643. The smallest absolute Gasteiger partial charge is 0.320 e. The number of fused-ring (bicyclic) bond motifs is 1. The molecule has 6 heteroatoms. The van der Waals surface area contributed by atoms with E-state index >= 15 is 0 Å². The zero-order valence-electron chi connectivity index (χ0n) is 19.9. The van der Waals surface area contributed by atoms with Crippen LogP contribution in [0.15, 0.2) is 96.7 Å². The number of carboxylic acid groups (broad SMARTS) is 1. The second-order valence-electron chi connectivity index (χ2n) is 9.42. The molecule has 0 amide bonds. The molecular formula is C29H29N3O3. The van der Waals surface area contributed by atoms with Crippen molar-refractivity contribution in [3.8, 4) is 0 Å². The largest absolute Gasteiger partial charge is 0.480 e. The predicted molar refractivity (Wildman–Crippen MR) is 140 cm³/mol. The van der Waals surface area contributed by atoms with Gasteiger partial charge in [-0.05, 0) is 46.0 Å². The minimum absolute atomic E-state index is 0.0145. The highest BCUT2D eigenvalue weighted by atomic mass is 16.4. The van der Waals surface area contributed by atoms with Crippen LogP contribution >= 0.6 is 0 Å². The Morgan fingerprint density at radius 2 is 1.80 bits per heavy atom. The van der Waals surface area contributed by atoms with Crippen molar-refractivity contribution in [3.05, 3.63) is 102 Å². The molecule has 4 N–H and O–H groups in total. The van der Waals surface area contributed by atoms with Gasteiger partial charge in [-0.25, -0.2) is 4.98 Å². The van der Waals surface area contributed by atoms with Gasteiger partial charge in [0.2, 0.25) is 0 Å². The summed E-state index contributed by atoms with van der Waals surface area (Å²) < 4.78 is 0. The molecule has 35 heavy (non-hydrogen) atoms. The molecule has 2 aromatic carbocycles. The second-order valence-corrected chi connectivity index (χ2v) is 9.42. The number of nitrogens with zero attached hydrogens (tertiary/aromatic N) is 1. The molecule has 0 saturated carbocycles. The van der Waals surface area contributed by atoms with Crippen LogP contribution in [0.3, 0.4) is 0 Å². The maximum absolute atomic E-state index is 14.0. The van der Waals surface area contributed by atoms with Crippen LogP contribution in [0.25, 0.3) is 16.3 Å². The molecule has 0 radical (unpaired) electrons. The van der Waals surface area contributed by atoms with Crippen molar-refractivity contribution in [1.29, 1.82) is 0 Å². The Morgan fingerprint density at radius 1 is 1.09 bits per heavy atom. The standard InChI is InChI=1S/C29H29N3O3/c1-18-14-15-22(27(33)29(2,3)17-23(30)28(34)35)25(26(18)32-24-13-6-7-16-31-24)21-12-8-10-19-9-4-5-11-20(19)21/h4-16,23,26H,1,17,30H2,2-3H3,(H,31,32)(H,34,35)/t23-,26?/m0/s1. The molecule has 4 rings (SSSR count). The van der Waals surface area contributed by atoms with Gasteiger partial charge < -0.3 is 16.2 Å². The van der Waals surface area contributed by atoms with Crippen molar-refractivity contribution in [1.82, 2.24) is 4.98 Å². The van der Waals surface area contributed by atoms with Crippen LogP contribution in [0, 0.1) is 5.41 Å². The fourth-order valence-electron chi connectivity index (χ4n) is 4.53. The van der Waals surface area contributed by atoms with Crippen LogP contribution < -0.4 is 11.1 Å². The first kappa shape index (κ1) is 24.1. The third kappa shape index (κ3) is 4.93. The third-order valence-electron chi connectivity index (χ3n) is 6.36. The van der Waals surface area contributed by atoms with Crippen molar-refractivity contribution >= 4 is 33.9 Å². The average molecular weight is 468 g/mol. The second kappa shape index (κ2) is 9.68. The maximum Gasteiger partial charge on any atom is 0.320 e. The number of hydrogen-bond acceptors (Lipinski definition) is 5. The Hall–Kier alpha value is -4.03. The monoisotopic (exact) mass is 467 g/mol. The number of benzene rings is 2. The van der Waals surface area contributed by atoms with Crippen molar-refractivity contribution in [3.63, 3.8) is 0 Å². The Bertz CT molecular complexity index is 1350. The van der Waals surface area contributed by atoms with Crippen LogP contribution in [0.5, 0.6) is 0 Å². The highest BCUT2D eigenvalue weighted by Gasteiger charge is 2.37. The minimum Gasteiger partial charge on any atom is -0.480 e. The van der Waals surface area contributed by atoms with Crippen molar-refractivity contribution in [2.75, 3.05) is 5.32 Å². The number of nitrogens with two attached hydrogens (primary N) is 1. The number of nitrogens with one attached hydrogen (secondary N) is 1. The van der Waals surface area contributed by atoms with E-state index in [0.717, 1.165) is 27.5 Å². The van der Waals surface area contributed by atoms with Crippen molar-refractivity contribution in [2.45, 2.75) is 32.4 Å². The van der Waals surface area contributed by atoms with Gasteiger partial charge in [0.15, 0.2) is 5.78 Å². The maximum atomic E-state index is 14.0. The summed E-state index contributed by atoms with van der Waals surface area (Å²) in [4.78, 5) is 29.8. The van der Waals surface area contributed by atoms with E-state index in [1.54, 1.807) is 26.1 Å². The highest BCUT2D eigenvalue weighted by molar-refractivity contribution is 6.12. The van der Waals surface area contributed by atoms with Crippen LogP contribution in [0.2, 0.25) is 0 Å².